The topological polar surface area (TPSA) is 130 Å². The van der Waals surface area contributed by atoms with Gasteiger partial charge in [0.1, 0.15) is 12.1 Å². The van der Waals surface area contributed by atoms with E-state index in [1.807, 2.05) is 30.3 Å². The number of benzene rings is 1. The molecular formula is C25H39N2O6P. The van der Waals surface area contributed by atoms with E-state index in [1.165, 1.54) is 10.5 Å². The summed E-state index contributed by atoms with van der Waals surface area (Å²) in [5, 5.41) is 9.79. The highest BCUT2D eigenvalue weighted by Crippen LogP contribution is 2.47. The maximum absolute atomic E-state index is 13.6. The smallest absolute Gasteiger partial charge is 0.328 e. The Bertz CT molecular complexity index is 851. The Kier molecular flexibility index (Phi) is 10.1. The molecule has 0 spiro atoms. The summed E-state index contributed by atoms with van der Waals surface area (Å²) in [6.45, 7) is 0.448. The lowest BCUT2D eigenvalue weighted by Gasteiger charge is -2.35. The van der Waals surface area contributed by atoms with Crippen molar-refractivity contribution in [2.24, 2.45) is 11.7 Å². The molecule has 190 valence electrons. The van der Waals surface area contributed by atoms with Crippen LogP contribution in [0.15, 0.2) is 30.3 Å². The third-order valence-electron chi connectivity index (χ3n) is 7.11. The summed E-state index contributed by atoms with van der Waals surface area (Å²) < 4.78 is 18.5. The molecule has 1 saturated carbocycles. The van der Waals surface area contributed by atoms with Gasteiger partial charge in [-0.25, -0.2) is 4.79 Å². The number of likely N-dealkylation sites (tertiary alicyclic amines) is 1. The molecule has 8 nitrogen and oxygen atoms in total. The summed E-state index contributed by atoms with van der Waals surface area (Å²) >= 11 is 0. The van der Waals surface area contributed by atoms with Gasteiger partial charge in [0, 0.05) is 6.04 Å². The number of nitrogens with two attached hydrogens (primary N) is 1. The zero-order chi connectivity index (χ0) is 24.6. The van der Waals surface area contributed by atoms with Crippen LogP contribution in [0.5, 0.6) is 0 Å². The molecule has 5 atom stereocenters. The van der Waals surface area contributed by atoms with E-state index in [0.29, 0.717) is 32.2 Å². The number of carboxylic acids is 1. The largest absolute Gasteiger partial charge is 0.480 e. The van der Waals surface area contributed by atoms with Crippen LogP contribution >= 0.6 is 7.60 Å². The molecule has 1 aliphatic heterocycles. The van der Waals surface area contributed by atoms with Crippen molar-refractivity contribution in [3.63, 3.8) is 0 Å². The summed E-state index contributed by atoms with van der Waals surface area (Å²) in [6, 6.07) is 8.89. The Balaban J connectivity index is 1.65. The molecule has 1 aromatic carbocycles. The Labute approximate surface area is 202 Å². The summed E-state index contributed by atoms with van der Waals surface area (Å²) in [4.78, 5) is 37.6. The number of amides is 1. The van der Waals surface area contributed by atoms with Crippen LogP contribution in [-0.2, 0) is 25.1 Å². The molecule has 4 N–H and O–H groups in total. The van der Waals surface area contributed by atoms with Crippen LogP contribution in [0, 0.1) is 5.92 Å². The highest BCUT2D eigenvalue weighted by molar-refractivity contribution is 7.52. The SMILES string of the molecule is NCCCC[C@H](OP(=O)(O)CCCCc1ccccc1)C(=O)N1[C@H](C(=O)O)C[C@@H]2CCCC[C@@H]21. The van der Waals surface area contributed by atoms with Gasteiger partial charge in [0.25, 0.3) is 5.91 Å². The van der Waals surface area contributed by atoms with E-state index in [2.05, 4.69) is 0 Å². The van der Waals surface area contributed by atoms with Gasteiger partial charge in [-0.1, -0.05) is 43.2 Å². The first-order valence-corrected chi connectivity index (χ1v) is 14.4. The number of nitrogens with zero attached hydrogens (tertiary/aromatic N) is 1. The van der Waals surface area contributed by atoms with Gasteiger partial charge in [0.05, 0.1) is 6.16 Å². The molecule has 1 unspecified atom stereocenters. The monoisotopic (exact) mass is 494 g/mol. The number of carbonyl (C=O) groups excluding carboxylic acids is 1. The first-order valence-electron chi connectivity index (χ1n) is 12.6. The molecule has 0 radical (unpaired) electrons. The fraction of sp³-hybridized carbons (Fsp3) is 0.680. The molecule has 3 rings (SSSR count). The molecule has 1 heterocycles. The van der Waals surface area contributed by atoms with Crippen LogP contribution in [0.4, 0.5) is 0 Å². The average Bonchev–Trinajstić information content (AvgIpc) is 3.21. The second kappa shape index (κ2) is 12.8. The van der Waals surface area contributed by atoms with Crippen molar-refractivity contribution in [1.29, 1.82) is 0 Å². The number of aliphatic carboxylic acids is 1. The molecule has 1 amide bonds. The van der Waals surface area contributed by atoms with Crippen molar-refractivity contribution < 1.29 is 28.7 Å². The number of fused-ring (bicyclic) bond motifs is 1. The fourth-order valence-electron chi connectivity index (χ4n) is 5.40. The predicted molar refractivity (Wildman–Crippen MR) is 130 cm³/mol. The first-order chi connectivity index (χ1) is 16.3. The van der Waals surface area contributed by atoms with Gasteiger partial charge in [-0.05, 0) is 75.8 Å². The normalized spacial score (nSPS) is 24.9. The molecule has 9 heteroatoms. The van der Waals surface area contributed by atoms with E-state index in [1.54, 1.807) is 0 Å². The van der Waals surface area contributed by atoms with Gasteiger partial charge >= 0.3 is 13.6 Å². The summed E-state index contributed by atoms with van der Waals surface area (Å²) in [5.41, 5.74) is 6.77. The van der Waals surface area contributed by atoms with E-state index in [4.69, 9.17) is 10.3 Å². The van der Waals surface area contributed by atoms with Gasteiger partial charge in [-0.2, -0.15) is 0 Å². The number of carboxylic acid groups (broad SMARTS) is 1. The summed E-state index contributed by atoms with van der Waals surface area (Å²) in [5.74, 6) is -1.31. The van der Waals surface area contributed by atoms with Crippen LogP contribution in [-0.4, -0.2) is 57.7 Å². The standard InChI is InChI=1S/C25H39N2O6P/c26-16-8-6-15-23(33-34(31,32)17-9-7-12-19-10-2-1-3-11-19)24(28)27-21-14-5-4-13-20(21)18-22(27)25(29)30/h1-3,10-11,20-23H,4-9,12-18,26H2,(H,29,30)(H,31,32)/t20-,21-,22-,23-/m0/s1. The molecule has 1 aromatic rings. The van der Waals surface area contributed by atoms with E-state index in [9.17, 15) is 24.2 Å². The lowest BCUT2D eigenvalue weighted by Crippen LogP contribution is -2.50. The van der Waals surface area contributed by atoms with E-state index in [-0.39, 0.29) is 24.5 Å². The van der Waals surface area contributed by atoms with Gasteiger partial charge < -0.3 is 20.6 Å². The molecule has 0 bridgehead atoms. The van der Waals surface area contributed by atoms with Crippen LogP contribution in [0.3, 0.4) is 0 Å². The van der Waals surface area contributed by atoms with Crippen molar-refractivity contribution in [3.05, 3.63) is 35.9 Å². The minimum atomic E-state index is -4.02. The third-order valence-corrected chi connectivity index (χ3v) is 8.58. The fourth-order valence-corrected chi connectivity index (χ4v) is 6.72. The van der Waals surface area contributed by atoms with E-state index >= 15 is 0 Å². The zero-order valence-electron chi connectivity index (χ0n) is 19.9. The minimum absolute atomic E-state index is 0.0328. The highest BCUT2D eigenvalue weighted by atomic mass is 31.2. The number of carbonyl (C=O) groups is 2. The maximum Gasteiger partial charge on any atom is 0.328 e. The number of aryl methyl sites for hydroxylation is 1. The minimum Gasteiger partial charge on any atom is -0.480 e. The van der Waals surface area contributed by atoms with Crippen LogP contribution in [0.25, 0.3) is 0 Å². The quantitative estimate of drug-likeness (QED) is 0.280. The van der Waals surface area contributed by atoms with Gasteiger partial charge in [-0.15, -0.1) is 0 Å². The van der Waals surface area contributed by atoms with Gasteiger partial charge in [0.2, 0.25) is 0 Å². The molecule has 2 aliphatic rings. The first kappa shape index (κ1) is 26.9. The predicted octanol–water partition coefficient (Wildman–Crippen LogP) is 3.95. The van der Waals surface area contributed by atoms with E-state index in [0.717, 1.165) is 38.5 Å². The van der Waals surface area contributed by atoms with Crippen LogP contribution in [0.2, 0.25) is 0 Å². The van der Waals surface area contributed by atoms with Crippen LogP contribution < -0.4 is 5.73 Å². The number of unbranched alkanes of at least 4 members (excludes halogenated alkanes) is 2. The molecule has 2 fully saturated rings. The Morgan fingerprint density at radius 2 is 1.85 bits per heavy atom. The van der Waals surface area contributed by atoms with Crippen molar-refractivity contribution in [2.45, 2.75) is 88.8 Å². The Morgan fingerprint density at radius 1 is 1.12 bits per heavy atom. The summed E-state index contributed by atoms with van der Waals surface area (Å²) in [6.07, 6.45) is 6.49. The Morgan fingerprint density at radius 3 is 2.56 bits per heavy atom. The molecule has 1 aliphatic carbocycles. The maximum atomic E-state index is 13.6. The second-order valence-corrected chi connectivity index (χ2v) is 11.6. The van der Waals surface area contributed by atoms with Crippen molar-refractivity contribution in [1.82, 2.24) is 4.90 Å². The number of rotatable bonds is 13. The lowest BCUT2D eigenvalue weighted by atomic mass is 9.84. The highest BCUT2D eigenvalue weighted by Gasteiger charge is 2.49. The van der Waals surface area contributed by atoms with Crippen molar-refractivity contribution in [2.75, 3.05) is 12.7 Å². The number of hydrogen-bond donors (Lipinski definition) is 3. The molecule has 0 aromatic heterocycles. The van der Waals surface area contributed by atoms with Gasteiger partial charge in [0.15, 0.2) is 0 Å². The van der Waals surface area contributed by atoms with E-state index < -0.39 is 31.6 Å². The second-order valence-electron chi connectivity index (χ2n) is 9.63. The molecule has 1 saturated heterocycles. The third kappa shape index (κ3) is 7.38. The van der Waals surface area contributed by atoms with Crippen molar-refractivity contribution >= 4 is 19.5 Å². The zero-order valence-corrected chi connectivity index (χ0v) is 20.8. The molecular weight excluding hydrogens is 455 g/mol. The summed E-state index contributed by atoms with van der Waals surface area (Å²) in [7, 11) is -4.02. The number of hydrogen-bond acceptors (Lipinski definition) is 5. The average molecular weight is 495 g/mol. The molecule has 34 heavy (non-hydrogen) atoms. The lowest BCUT2D eigenvalue weighted by molar-refractivity contribution is -0.153. The van der Waals surface area contributed by atoms with Crippen molar-refractivity contribution in [3.8, 4) is 0 Å². The van der Waals surface area contributed by atoms with Crippen LogP contribution in [0.1, 0.15) is 69.8 Å². The Hall–Kier alpha value is -1.73. The van der Waals surface area contributed by atoms with Gasteiger partial charge in [-0.3, -0.25) is 13.9 Å².